The molecule has 0 unspecified atom stereocenters. The number of piperidine rings is 1. The minimum Gasteiger partial charge on any atom is -0.477 e. The third-order valence-electron chi connectivity index (χ3n) is 10.1. The number of nitrogens with one attached hydrogen (secondary N) is 2. The number of carbonyl (C=O) groups excluding carboxylic acids is 3. The Hall–Kier alpha value is -5.53. The van der Waals surface area contributed by atoms with Crippen LogP contribution in [0, 0.1) is 5.92 Å². The van der Waals surface area contributed by atoms with Crippen molar-refractivity contribution >= 4 is 46.7 Å². The van der Waals surface area contributed by atoms with Crippen molar-refractivity contribution in [3.05, 3.63) is 71.0 Å². The number of hydrogen-bond donors (Lipinski definition) is 4. The molecule has 4 aromatic rings. The molecular formula is C36H42ClF3N11O5+. The van der Waals surface area contributed by atoms with Gasteiger partial charge in [0.25, 0.3) is 11.8 Å². The van der Waals surface area contributed by atoms with E-state index in [0.29, 0.717) is 75.4 Å². The Morgan fingerprint density at radius 2 is 1.68 bits per heavy atom. The Labute approximate surface area is 324 Å². The first-order valence-electron chi connectivity index (χ1n) is 17.9. The number of carboxylic acid groups (broad SMARTS) is 1. The summed E-state index contributed by atoms with van der Waals surface area (Å²) < 4.78 is 45.1. The van der Waals surface area contributed by atoms with Gasteiger partial charge < -0.3 is 40.3 Å². The SMILES string of the molecule is Cn1c(-c2cn(-c3ccc(NCCN)cn3)nc2C(F)(F)F)cnc1C(=O)Nc1ccc(C(=O)N2CCN(C(=O)C3CC[N+](C)(CC(=O)O)CC3)CC2)c(Cl)c1. The summed E-state index contributed by atoms with van der Waals surface area (Å²) in [5.41, 5.74) is 5.02. The summed E-state index contributed by atoms with van der Waals surface area (Å²) in [6.45, 7) is 3.41. The van der Waals surface area contributed by atoms with Crippen LogP contribution in [0.1, 0.15) is 39.5 Å². The van der Waals surface area contributed by atoms with Gasteiger partial charge in [-0.25, -0.2) is 19.4 Å². The van der Waals surface area contributed by atoms with Crippen molar-refractivity contribution in [3.8, 4) is 17.1 Å². The molecule has 0 spiro atoms. The first-order chi connectivity index (χ1) is 26.6. The second kappa shape index (κ2) is 16.3. The van der Waals surface area contributed by atoms with E-state index in [1.54, 1.807) is 15.9 Å². The van der Waals surface area contributed by atoms with Gasteiger partial charge in [0.1, 0.15) is 0 Å². The molecule has 0 atom stereocenters. The minimum atomic E-state index is -4.83. The van der Waals surface area contributed by atoms with Gasteiger partial charge in [-0.3, -0.25) is 14.4 Å². The van der Waals surface area contributed by atoms with Gasteiger partial charge in [-0.1, -0.05) is 11.6 Å². The number of likely N-dealkylation sites (tertiary alicyclic amines) is 1. The molecule has 56 heavy (non-hydrogen) atoms. The maximum atomic E-state index is 14.2. The van der Waals surface area contributed by atoms with E-state index in [-0.39, 0.29) is 63.5 Å². The molecule has 16 nitrogen and oxygen atoms in total. The zero-order chi connectivity index (χ0) is 40.4. The lowest BCUT2D eigenvalue weighted by atomic mass is 9.93. The number of imidazole rings is 1. The summed E-state index contributed by atoms with van der Waals surface area (Å²) in [7, 11) is 3.29. The fraction of sp³-hybridized carbons (Fsp3) is 0.417. The first-order valence-corrected chi connectivity index (χ1v) is 18.3. The molecule has 2 saturated heterocycles. The van der Waals surface area contributed by atoms with Crippen LogP contribution >= 0.6 is 11.6 Å². The fourth-order valence-electron chi connectivity index (χ4n) is 7.04. The normalized spacial score (nSPS) is 18.8. The molecule has 0 radical (unpaired) electrons. The van der Waals surface area contributed by atoms with E-state index in [2.05, 4.69) is 25.7 Å². The largest absolute Gasteiger partial charge is 0.477 e. The van der Waals surface area contributed by atoms with Crippen LogP contribution in [-0.2, 0) is 22.8 Å². The Balaban J connectivity index is 1.08. The van der Waals surface area contributed by atoms with Crippen molar-refractivity contribution in [1.29, 1.82) is 0 Å². The number of nitrogens with zero attached hydrogens (tertiary/aromatic N) is 8. The Kier molecular flexibility index (Phi) is 11.7. The zero-order valence-electron chi connectivity index (χ0n) is 30.7. The highest BCUT2D eigenvalue weighted by atomic mass is 35.5. The van der Waals surface area contributed by atoms with Gasteiger partial charge in [-0.15, -0.1) is 0 Å². The van der Waals surface area contributed by atoms with Gasteiger partial charge in [-0.2, -0.15) is 18.3 Å². The van der Waals surface area contributed by atoms with Gasteiger partial charge in [0.15, 0.2) is 23.9 Å². The Bertz CT molecular complexity index is 2110. The van der Waals surface area contributed by atoms with E-state index in [1.165, 1.54) is 48.3 Å². The minimum absolute atomic E-state index is 0.0166. The highest BCUT2D eigenvalue weighted by Gasteiger charge is 2.40. The summed E-state index contributed by atoms with van der Waals surface area (Å²) in [6.07, 6.45) is 0.143. The second-order valence-electron chi connectivity index (χ2n) is 14.1. The number of hydrogen-bond acceptors (Lipinski definition) is 9. The molecule has 3 aromatic heterocycles. The van der Waals surface area contributed by atoms with E-state index in [4.69, 9.17) is 17.3 Å². The van der Waals surface area contributed by atoms with Crippen LogP contribution in [0.3, 0.4) is 0 Å². The predicted octanol–water partition coefficient (Wildman–Crippen LogP) is 3.19. The van der Waals surface area contributed by atoms with Crippen LogP contribution < -0.4 is 16.4 Å². The monoisotopic (exact) mass is 800 g/mol. The number of amides is 3. The van der Waals surface area contributed by atoms with E-state index in [9.17, 15) is 37.5 Å². The maximum absolute atomic E-state index is 14.2. The average Bonchev–Trinajstić information content (AvgIpc) is 3.78. The number of rotatable bonds is 11. The number of quaternary nitrogens is 1. The summed E-state index contributed by atoms with van der Waals surface area (Å²) in [5, 5.41) is 18.7. The van der Waals surface area contributed by atoms with Gasteiger partial charge in [0.05, 0.1) is 60.1 Å². The Morgan fingerprint density at radius 1 is 1.00 bits per heavy atom. The number of alkyl halides is 3. The van der Waals surface area contributed by atoms with Crippen LogP contribution in [0.15, 0.2) is 48.9 Å². The molecule has 3 amide bonds. The van der Waals surface area contributed by atoms with Gasteiger partial charge in [-0.05, 0) is 30.3 Å². The number of aliphatic carboxylic acids is 1. The lowest BCUT2D eigenvalue weighted by molar-refractivity contribution is -0.907. The van der Waals surface area contributed by atoms with Gasteiger partial charge in [0, 0.05) is 77.0 Å². The highest BCUT2D eigenvalue weighted by molar-refractivity contribution is 6.34. The number of piperazine rings is 1. The summed E-state index contributed by atoms with van der Waals surface area (Å²) >= 11 is 6.52. The number of halogens is 4. The first kappa shape index (κ1) is 40.1. The number of likely N-dealkylation sites (N-methyl/N-ethyl adjacent to an activating group) is 1. The van der Waals surface area contributed by atoms with Crippen LogP contribution in [0.2, 0.25) is 5.02 Å². The smallest absolute Gasteiger partial charge is 0.435 e. The molecular weight excluding hydrogens is 759 g/mol. The molecule has 6 rings (SSSR count). The highest BCUT2D eigenvalue weighted by Crippen LogP contribution is 2.37. The lowest BCUT2D eigenvalue weighted by Gasteiger charge is -2.41. The molecule has 2 fully saturated rings. The number of carboxylic acids is 1. The van der Waals surface area contributed by atoms with E-state index in [0.717, 1.165) is 10.9 Å². The summed E-state index contributed by atoms with van der Waals surface area (Å²) in [5.74, 6) is -2.16. The summed E-state index contributed by atoms with van der Waals surface area (Å²) in [4.78, 5) is 62.8. The predicted molar refractivity (Wildman–Crippen MR) is 199 cm³/mol. The average molecular weight is 801 g/mol. The number of carbonyl (C=O) groups is 4. The third-order valence-corrected chi connectivity index (χ3v) is 10.5. The van der Waals surface area contributed by atoms with E-state index >= 15 is 0 Å². The van der Waals surface area contributed by atoms with Crippen LogP contribution in [-0.4, -0.2) is 133 Å². The number of aromatic nitrogens is 5. The topological polar surface area (TPSA) is 194 Å². The second-order valence-corrected chi connectivity index (χ2v) is 14.5. The molecule has 0 bridgehead atoms. The van der Waals surface area contributed by atoms with Crippen molar-refractivity contribution < 1.29 is 41.9 Å². The molecule has 5 N–H and O–H groups in total. The number of anilines is 2. The Morgan fingerprint density at radius 3 is 2.29 bits per heavy atom. The zero-order valence-corrected chi connectivity index (χ0v) is 31.5. The van der Waals surface area contributed by atoms with E-state index < -0.39 is 23.7 Å². The van der Waals surface area contributed by atoms with Crippen molar-refractivity contribution in [2.75, 3.05) is 76.6 Å². The lowest BCUT2D eigenvalue weighted by Crippen LogP contribution is -2.56. The molecule has 298 valence electrons. The fourth-order valence-corrected chi connectivity index (χ4v) is 7.30. The van der Waals surface area contributed by atoms with Crippen molar-refractivity contribution in [2.24, 2.45) is 18.7 Å². The standard InChI is InChI=1S/C36H41ClF3N11O5/c1-47-28(26-20-50(46-31(26)36(38,39)40)29-6-4-24(18-43-29)42-10-9-41)19-44-32(47)33(54)45-23-3-5-25(27(37)17-23)35(56)49-13-11-48(12-14-49)34(55)22-7-15-51(2,16-8-22)21-30(52)53/h3-6,17-20,22,42H,7-16,21,41H2,1-2H3,(H-,45,52,53,54,56)/p+1. The number of benzene rings is 1. The molecule has 2 aliphatic rings. The quantitative estimate of drug-likeness (QED) is 0.164. The molecule has 1 aromatic carbocycles. The molecule has 2 aliphatic heterocycles. The van der Waals surface area contributed by atoms with Gasteiger partial charge >= 0.3 is 12.1 Å². The van der Waals surface area contributed by atoms with Crippen LogP contribution in [0.4, 0.5) is 24.5 Å². The maximum Gasteiger partial charge on any atom is 0.435 e. The number of nitrogens with two attached hydrogens (primary N) is 1. The number of pyridine rings is 1. The molecule has 5 heterocycles. The van der Waals surface area contributed by atoms with Crippen LogP contribution in [0.25, 0.3) is 17.1 Å². The van der Waals surface area contributed by atoms with Crippen molar-refractivity contribution in [2.45, 2.75) is 19.0 Å². The third kappa shape index (κ3) is 8.79. The van der Waals surface area contributed by atoms with Crippen molar-refractivity contribution in [3.63, 3.8) is 0 Å². The van der Waals surface area contributed by atoms with Gasteiger partial charge in [0.2, 0.25) is 5.91 Å². The van der Waals surface area contributed by atoms with Crippen LogP contribution in [0.5, 0.6) is 0 Å². The van der Waals surface area contributed by atoms with E-state index in [1.807, 2.05) is 7.05 Å². The molecule has 0 aliphatic carbocycles. The summed E-state index contributed by atoms with van der Waals surface area (Å²) in [6, 6.07) is 7.49. The molecule has 20 heteroatoms. The van der Waals surface area contributed by atoms with Crippen molar-refractivity contribution in [1.82, 2.24) is 34.1 Å². The molecule has 0 saturated carbocycles.